The summed E-state index contributed by atoms with van der Waals surface area (Å²) in [7, 11) is 0. The molecule has 2 unspecified atom stereocenters. The number of ether oxygens (including phenoxy) is 1. The fourth-order valence-corrected chi connectivity index (χ4v) is 3.29. The van der Waals surface area contributed by atoms with E-state index in [0.29, 0.717) is 13.0 Å². The quantitative estimate of drug-likeness (QED) is 0.870. The molecule has 1 aromatic carbocycles. The molecule has 1 amide bonds. The molecule has 0 saturated carbocycles. The SMILES string of the molecule is CCC1OCCC1C(=O)c1ccc2c(c1)CCCC(=O)N2. The third-order valence-corrected chi connectivity index (χ3v) is 4.46. The van der Waals surface area contributed by atoms with Crippen LogP contribution in [0.3, 0.4) is 0 Å². The maximum atomic E-state index is 12.7. The summed E-state index contributed by atoms with van der Waals surface area (Å²) in [6.07, 6.45) is 3.96. The van der Waals surface area contributed by atoms with Gasteiger partial charge >= 0.3 is 0 Å². The molecule has 0 radical (unpaired) electrons. The van der Waals surface area contributed by atoms with Gasteiger partial charge in [0.25, 0.3) is 0 Å². The lowest BCUT2D eigenvalue weighted by Crippen LogP contribution is -2.24. The Kier molecular flexibility index (Phi) is 4.06. The number of fused-ring (bicyclic) bond motifs is 1. The van der Waals surface area contributed by atoms with Crippen LogP contribution in [0.5, 0.6) is 0 Å². The van der Waals surface area contributed by atoms with Crippen molar-refractivity contribution in [1.82, 2.24) is 0 Å². The first-order valence-electron chi connectivity index (χ1n) is 7.77. The molecule has 1 N–H and O–H groups in total. The number of Topliss-reactive ketones (excluding diaryl/α,β-unsaturated/α-hetero) is 1. The van der Waals surface area contributed by atoms with Crippen molar-refractivity contribution in [3.63, 3.8) is 0 Å². The first-order valence-corrected chi connectivity index (χ1v) is 7.77. The monoisotopic (exact) mass is 287 g/mol. The summed E-state index contributed by atoms with van der Waals surface area (Å²) in [6, 6.07) is 5.65. The first kappa shape index (κ1) is 14.3. The predicted molar refractivity (Wildman–Crippen MR) is 80.5 cm³/mol. The van der Waals surface area contributed by atoms with Gasteiger partial charge in [0.2, 0.25) is 5.91 Å². The van der Waals surface area contributed by atoms with Crippen LogP contribution in [0.1, 0.15) is 48.5 Å². The summed E-state index contributed by atoms with van der Waals surface area (Å²) in [5, 5.41) is 2.90. The number of carbonyl (C=O) groups is 2. The molecule has 21 heavy (non-hydrogen) atoms. The van der Waals surface area contributed by atoms with E-state index in [2.05, 4.69) is 12.2 Å². The van der Waals surface area contributed by atoms with Gasteiger partial charge in [0, 0.05) is 24.3 Å². The molecule has 0 spiro atoms. The van der Waals surface area contributed by atoms with E-state index in [4.69, 9.17) is 4.74 Å². The molecule has 1 fully saturated rings. The molecule has 4 heteroatoms. The highest BCUT2D eigenvalue weighted by atomic mass is 16.5. The second kappa shape index (κ2) is 5.98. The van der Waals surface area contributed by atoms with E-state index in [0.717, 1.165) is 42.5 Å². The summed E-state index contributed by atoms with van der Waals surface area (Å²) < 4.78 is 5.63. The molecule has 112 valence electrons. The van der Waals surface area contributed by atoms with E-state index in [1.165, 1.54) is 0 Å². The van der Waals surface area contributed by atoms with Gasteiger partial charge in [-0.15, -0.1) is 0 Å². The number of amides is 1. The summed E-state index contributed by atoms with van der Waals surface area (Å²) in [4.78, 5) is 24.2. The third kappa shape index (κ3) is 2.86. The molecular weight excluding hydrogens is 266 g/mol. The lowest BCUT2D eigenvalue weighted by molar-refractivity contribution is -0.116. The van der Waals surface area contributed by atoms with E-state index in [9.17, 15) is 9.59 Å². The minimum absolute atomic E-state index is 0.0200. The van der Waals surface area contributed by atoms with Crippen LogP contribution < -0.4 is 5.32 Å². The Labute approximate surface area is 124 Å². The third-order valence-electron chi connectivity index (χ3n) is 4.46. The van der Waals surface area contributed by atoms with Crippen LogP contribution in [0.25, 0.3) is 0 Å². The zero-order valence-corrected chi connectivity index (χ0v) is 12.4. The maximum Gasteiger partial charge on any atom is 0.224 e. The van der Waals surface area contributed by atoms with Crippen LogP contribution in [-0.4, -0.2) is 24.4 Å². The van der Waals surface area contributed by atoms with E-state index in [1.54, 1.807) is 0 Å². The molecule has 1 aromatic rings. The van der Waals surface area contributed by atoms with Crippen LogP contribution in [0.2, 0.25) is 0 Å². The highest BCUT2D eigenvalue weighted by Gasteiger charge is 2.33. The molecule has 1 saturated heterocycles. The average Bonchev–Trinajstić information content (AvgIpc) is 2.88. The van der Waals surface area contributed by atoms with E-state index >= 15 is 0 Å². The van der Waals surface area contributed by atoms with Gasteiger partial charge in [-0.2, -0.15) is 0 Å². The van der Waals surface area contributed by atoms with Crippen LogP contribution in [0, 0.1) is 5.92 Å². The Bertz CT molecular complexity index is 567. The summed E-state index contributed by atoms with van der Waals surface area (Å²) >= 11 is 0. The fraction of sp³-hybridized carbons (Fsp3) is 0.529. The molecule has 0 bridgehead atoms. The van der Waals surface area contributed by atoms with Gasteiger partial charge in [-0.25, -0.2) is 0 Å². The van der Waals surface area contributed by atoms with Gasteiger partial charge < -0.3 is 10.1 Å². The van der Waals surface area contributed by atoms with Crippen molar-refractivity contribution in [2.24, 2.45) is 5.92 Å². The Morgan fingerprint density at radius 2 is 2.24 bits per heavy atom. The van der Waals surface area contributed by atoms with Crippen molar-refractivity contribution in [3.05, 3.63) is 29.3 Å². The first-order chi connectivity index (χ1) is 10.2. The number of nitrogens with one attached hydrogen (secondary N) is 1. The molecule has 2 atom stereocenters. The molecule has 0 aliphatic carbocycles. The molecule has 0 aromatic heterocycles. The van der Waals surface area contributed by atoms with Gasteiger partial charge in [0.1, 0.15) is 0 Å². The minimum Gasteiger partial charge on any atom is -0.377 e. The lowest BCUT2D eigenvalue weighted by atomic mass is 9.89. The van der Waals surface area contributed by atoms with E-state index in [1.807, 2.05) is 18.2 Å². The van der Waals surface area contributed by atoms with Crippen molar-refractivity contribution in [1.29, 1.82) is 0 Å². The van der Waals surface area contributed by atoms with Gasteiger partial charge in [-0.05, 0) is 49.4 Å². The van der Waals surface area contributed by atoms with Crippen LogP contribution in [0.15, 0.2) is 18.2 Å². The summed E-state index contributed by atoms with van der Waals surface area (Å²) in [5.74, 6) is 0.217. The Hall–Kier alpha value is -1.68. The zero-order chi connectivity index (χ0) is 14.8. The van der Waals surface area contributed by atoms with E-state index in [-0.39, 0.29) is 23.7 Å². The summed E-state index contributed by atoms with van der Waals surface area (Å²) in [5.41, 5.74) is 2.67. The number of rotatable bonds is 3. The second-order valence-corrected chi connectivity index (χ2v) is 5.85. The van der Waals surface area contributed by atoms with Gasteiger partial charge in [-0.3, -0.25) is 9.59 Å². The molecule has 4 nitrogen and oxygen atoms in total. The highest BCUT2D eigenvalue weighted by molar-refractivity contribution is 6.00. The molecule has 2 aliphatic rings. The lowest BCUT2D eigenvalue weighted by Gasteiger charge is -2.16. The van der Waals surface area contributed by atoms with Gasteiger partial charge in [-0.1, -0.05) is 6.92 Å². The smallest absolute Gasteiger partial charge is 0.224 e. The molecule has 2 heterocycles. The molecular formula is C17H21NO3. The second-order valence-electron chi connectivity index (χ2n) is 5.85. The Morgan fingerprint density at radius 3 is 3.05 bits per heavy atom. The minimum atomic E-state index is -0.0200. The van der Waals surface area contributed by atoms with Crippen LogP contribution in [0.4, 0.5) is 5.69 Å². The van der Waals surface area contributed by atoms with Crippen molar-refractivity contribution in [2.75, 3.05) is 11.9 Å². The predicted octanol–water partition coefficient (Wildman–Crippen LogP) is 2.96. The van der Waals surface area contributed by atoms with Gasteiger partial charge in [0.05, 0.1) is 12.0 Å². The normalized spacial score (nSPS) is 25.1. The number of benzene rings is 1. The van der Waals surface area contributed by atoms with Crippen molar-refractivity contribution in [3.8, 4) is 0 Å². The van der Waals surface area contributed by atoms with Crippen LogP contribution in [-0.2, 0) is 16.0 Å². The Morgan fingerprint density at radius 1 is 1.38 bits per heavy atom. The maximum absolute atomic E-state index is 12.7. The largest absolute Gasteiger partial charge is 0.377 e. The van der Waals surface area contributed by atoms with E-state index < -0.39 is 0 Å². The average molecular weight is 287 g/mol. The van der Waals surface area contributed by atoms with Crippen LogP contribution >= 0.6 is 0 Å². The summed E-state index contributed by atoms with van der Waals surface area (Å²) in [6.45, 7) is 2.73. The molecule has 3 rings (SSSR count). The zero-order valence-electron chi connectivity index (χ0n) is 12.4. The Balaban J connectivity index is 1.85. The number of aryl methyl sites for hydroxylation is 1. The van der Waals surface area contributed by atoms with Crippen molar-refractivity contribution in [2.45, 2.75) is 45.1 Å². The number of anilines is 1. The van der Waals surface area contributed by atoms with Crippen molar-refractivity contribution >= 4 is 17.4 Å². The fourth-order valence-electron chi connectivity index (χ4n) is 3.29. The number of carbonyl (C=O) groups excluding carboxylic acids is 2. The number of hydrogen-bond acceptors (Lipinski definition) is 3. The number of ketones is 1. The molecule has 2 aliphatic heterocycles. The number of hydrogen-bond donors (Lipinski definition) is 1. The topological polar surface area (TPSA) is 55.4 Å². The standard InChI is InChI=1S/C17H21NO3/c1-2-15-13(8-9-21-15)17(20)12-6-7-14-11(10-12)4-3-5-16(19)18-14/h6-7,10,13,15H,2-5,8-9H2,1H3,(H,18,19). The van der Waals surface area contributed by atoms with Gasteiger partial charge in [0.15, 0.2) is 5.78 Å². The van der Waals surface area contributed by atoms with Crippen molar-refractivity contribution < 1.29 is 14.3 Å². The highest BCUT2D eigenvalue weighted by Crippen LogP contribution is 2.29.